The summed E-state index contributed by atoms with van der Waals surface area (Å²) < 4.78 is 2.42. The van der Waals surface area contributed by atoms with E-state index in [0.29, 0.717) is 11.8 Å². The van der Waals surface area contributed by atoms with E-state index in [9.17, 15) is 0 Å². The molecular weight excluding hydrogens is 254 g/mol. The van der Waals surface area contributed by atoms with Gasteiger partial charge in [0.05, 0.1) is 0 Å². The second-order valence-corrected chi connectivity index (χ2v) is 6.21. The molecule has 0 fully saturated rings. The van der Waals surface area contributed by atoms with Crippen molar-refractivity contribution in [1.82, 2.24) is 4.57 Å². The summed E-state index contributed by atoms with van der Waals surface area (Å²) in [4.78, 5) is 0. The first kappa shape index (κ1) is 13.9. The highest BCUT2D eigenvalue weighted by Crippen LogP contribution is 2.39. The maximum atomic E-state index is 4.31. The van der Waals surface area contributed by atoms with Crippen LogP contribution in [0.4, 0.5) is 0 Å². The van der Waals surface area contributed by atoms with E-state index in [0.717, 1.165) is 12.1 Å². The van der Waals surface area contributed by atoms with E-state index in [1.807, 2.05) is 6.07 Å². The fourth-order valence-electron chi connectivity index (χ4n) is 3.27. The molecule has 1 atom stereocenters. The topological polar surface area (TPSA) is 4.93 Å². The van der Waals surface area contributed by atoms with E-state index < -0.39 is 0 Å². The third-order valence-corrected chi connectivity index (χ3v) is 4.63. The van der Waals surface area contributed by atoms with E-state index in [2.05, 4.69) is 68.0 Å². The number of aromatic nitrogens is 1. The monoisotopic (exact) mass is 277 g/mol. The molecule has 0 spiro atoms. The Morgan fingerprint density at radius 3 is 2.48 bits per heavy atom. The molecule has 0 bridgehead atoms. The highest BCUT2D eigenvalue weighted by Gasteiger charge is 2.28. The first-order valence-corrected chi connectivity index (χ1v) is 7.72. The maximum Gasteiger partial charge on any atom is 0.0482 e. The van der Waals surface area contributed by atoms with Crippen LogP contribution in [-0.2, 0) is 6.54 Å². The van der Waals surface area contributed by atoms with E-state index >= 15 is 0 Å². The molecule has 3 rings (SSSR count). The van der Waals surface area contributed by atoms with Gasteiger partial charge in [-0.15, -0.1) is 0 Å². The van der Waals surface area contributed by atoms with Crippen molar-refractivity contribution in [3.8, 4) is 0 Å². The maximum absolute atomic E-state index is 4.31. The molecule has 2 heterocycles. The molecule has 0 saturated carbocycles. The average Bonchev–Trinajstić information content (AvgIpc) is 3.08. The highest BCUT2D eigenvalue weighted by molar-refractivity contribution is 5.77. The first-order valence-electron chi connectivity index (χ1n) is 7.72. The van der Waals surface area contributed by atoms with Crippen LogP contribution in [-0.4, -0.2) is 4.57 Å². The van der Waals surface area contributed by atoms with Gasteiger partial charge in [0, 0.05) is 23.9 Å². The lowest BCUT2D eigenvalue weighted by Gasteiger charge is -2.16. The quantitative estimate of drug-likeness (QED) is 0.673. The molecule has 1 heteroatoms. The summed E-state index contributed by atoms with van der Waals surface area (Å²) in [5.74, 6) is 1.04. The molecule has 1 aliphatic heterocycles. The van der Waals surface area contributed by atoms with E-state index in [1.54, 1.807) is 0 Å². The van der Waals surface area contributed by atoms with Crippen molar-refractivity contribution in [2.45, 2.75) is 32.7 Å². The van der Waals surface area contributed by atoms with Crippen LogP contribution < -0.4 is 0 Å². The molecule has 1 aromatic heterocycles. The number of hydrogen-bond donors (Lipinski definition) is 0. The molecule has 0 aliphatic carbocycles. The molecule has 2 aromatic rings. The zero-order valence-corrected chi connectivity index (χ0v) is 13.0. The number of hydrogen-bond acceptors (Lipinski definition) is 0. The lowest BCUT2D eigenvalue weighted by molar-refractivity contribution is 0.640. The number of allylic oxidation sites excluding steroid dienone is 1. The summed E-state index contributed by atoms with van der Waals surface area (Å²) in [5, 5.41) is 0. The summed E-state index contributed by atoms with van der Waals surface area (Å²) in [6.07, 6.45) is 1.17. The Hall–Kier alpha value is -2.02. The van der Waals surface area contributed by atoms with Gasteiger partial charge in [0.2, 0.25) is 0 Å². The summed E-state index contributed by atoms with van der Waals surface area (Å²) in [6, 6.07) is 14.9. The van der Waals surface area contributed by atoms with Gasteiger partial charge in [0.1, 0.15) is 0 Å². The molecule has 21 heavy (non-hydrogen) atoms. The van der Waals surface area contributed by atoms with E-state index in [4.69, 9.17) is 0 Å². The molecular formula is C20H23N. The van der Waals surface area contributed by atoms with E-state index in [1.165, 1.54) is 28.9 Å². The Balaban J connectivity index is 1.94. The minimum atomic E-state index is 0.502. The van der Waals surface area contributed by atoms with Crippen LogP contribution in [0.25, 0.3) is 5.57 Å². The van der Waals surface area contributed by atoms with Gasteiger partial charge < -0.3 is 4.57 Å². The van der Waals surface area contributed by atoms with Gasteiger partial charge in [0.25, 0.3) is 0 Å². The Morgan fingerprint density at radius 1 is 1.10 bits per heavy atom. The Morgan fingerprint density at radius 2 is 1.81 bits per heavy atom. The van der Waals surface area contributed by atoms with Crippen LogP contribution in [0, 0.1) is 5.92 Å². The second-order valence-electron chi connectivity index (χ2n) is 6.21. The Labute approximate surface area is 127 Å². The second kappa shape index (κ2) is 5.40. The standard InChI is InChI=1S/C20H23N/c1-14(2)15(3)18-12-13-21-19(10-11-20(18)21)16(4)17-8-6-5-7-9-17/h5-11,14,18H,3-4,12-13H2,1-2H3. The lowest BCUT2D eigenvalue weighted by Crippen LogP contribution is -2.03. The van der Waals surface area contributed by atoms with Gasteiger partial charge in [-0.2, -0.15) is 0 Å². The predicted molar refractivity (Wildman–Crippen MR) is 90.3 cm³/mol. The van der Waals surface area contributed by atoms with Crippen LogP contribution in [0.15, 0.2) is 61.2 Å². The summed E-state index contributed by atoms with van der Waals surface area (Å²) in [7, 11) is 0. The van der Waals surface area contributed by atoms with Crippen LogP contribution in [0.3, 0.4) is 0 Å². The van der Waals surface area contributed by atoms with Crippen molar-refractivity contribution >= 4 is 5.57 Å². The molecule has 0 saturated heterocycles. The van der Waals surface area contributed by atoms with Gasteiger partial charge in [-0.05, 0) is 35.6 Å². The largest absolute Gasteiger partial charge is 0.344 e. The molecule has 1 aliphatic rings. The van der Waals surface area contributed by atoms with Crippen molar-refractivity contribution in [3.05, 3.63) is 78.1 Å². The van der Waals surface area contributed by atoms with Crippen molar-refractivity contribution in [2.75, 3.05) is 0 Å². The predicted octanol–water partition coefficient (Wildman–Crippen LogP) is 5.25. The minimum Gasteiger partial charge on any atom is -0.344 e. The smallest absolute Gasteiger partial charge is 0.0482 e. The zero-order chi connectivity index (χ0) is 15.0. The number of fused-ring (bicyclic) bond motifs is 1. The summed E-state index contributed by atoms with van der Waals surface area (Å²) >= 11 is 0. The fourth-order valence-corrected chi connectivity index (χ4v) is 3.27. The van der Waals surface area contributed by atoms with Crippen molar-refractivity contribution in [1.29, 1.82) is 0 Å². The number of nitrogens with zero attached hydrogens (tertiary/aromatic N) is 1. The van der Waals surface area contributed by atoms with Crippen LogP contribution in [0.5, 0.6) is 0 Å². The highest BCUT2D eigenvalue weighted by atomic mass is 15.0. The third-order valence-electron chi connectivity index (χ3n) is 4.63. The molecule has 108 valence electrons. The minimum absolute atomic E-state index is 0.502. The lowest BCUT2D eigenvalue weighted by atomic mass is 9.88. The molecule has 1 nitrogen and oxygen atoms in total. The van der Waals surface area contributed by atoms with Gasteiger partial charge in [0.15, 0.2) is 0 Å². The van der Waals surface area contributed by atoms with Crippen molar-refractivity contribution in [2.24, 2.45) is 5.92 Å². The van der Waals surface area contributed by atoms with Crippen LogP contribution >= 0.6 is 0 Å². The Kier molecular flexibility index (Phi) is 3.59. The number of rotatable bonds is 4. The van der Waals surface area contributed by atoms with Crippen LogP contribution in [0.2, 0.25) is 0 Å². The Bertz CT molecular complexity index is 673. The average molecular weight is 277 g/mol. The third kappa shape index (κ3) is 2.37. The molecule has 1 unspecified atom stereocenters. The van der Waals surface area contributed by atoms with Gasteiger partial charge in [-0.25, -0.2) is 0 Å². The van der Waals surface area contributed by atoms with E-state index in [-0.39, 0.29) is 0 Å². The zero-order valence-electron chi connectivity index (χ0n) is 13.0. The molecule has 0 N–H and O–H groups in total. The van der Waals surface area contributed by atoms with Crippen molar-refractivity contribution in [3.63, 3.8) is 0 Å². The normalized spacial score (nSPS) is 17.0. The van der Waals surface area contributed by atoms with Gasteiger partial charge >= 0.3 is 0 Å². The SMILES string of the molecule is C=C(c1ccccc1)c1ccc2n1CCC2C(=C)C(C)C. The molecule has 0 radical (unpaired) electrons. The van der Waals surface area contributed by atoms with Crippen molar-refractivity contribution < 1.29 is 0 Å². The van der Waals surface area contributed by atoms with Gasteiger partial charge in [-0.3, -0.25) is 0 Å². The summed E-state index contributed by atoms with van der Waals surface area (Å²) in [5.41, 5.74) is 6.31. The first-order chi connectivity index (χ1) is 10.1. The van der Waals surface area contributed by atoms with Crippen LogP contribution in [0.1, 0.15) is 43.1 Å². The number of benzene rings is 1. The van der Waals surface area contributed by atoms with Gasteiger partial charge in [-0.1, -0.05) is 62.9 Å². The fraction of sp³-hybridized carbons (Fsp3) is 0.300. The summed E-state index contributed by atoms with van der Waals surface area (Å²) in [6.45, 7) is 14.2. The molecule has 1 aromatic carbocycles. The molecule has 0 amide bonds.